The number of carbonyl (C=O) groups excluding carboxylic acids is 1. The lowest BCUT2D eigenvalue weighted by Crippen LogP contribution is -2.43. The van der Waals surface area contributed by atoms with Crippen LogP contribution in [0.2, 0.25) is 0 Å². The molecule has 1 amide bonds. The lowest BCUT2D eigenvalue weighted by Gasteiger charge is -2.35. The van der Waals surface area contributed by atoms with Crippen LogP contribution in [0.25, 0.3) is 0 Å². The first kappa shape index (κ1) is 18.7. The molecule has 0 aromatic heterocycles. The van der Waals surface area contributed by atoms with E-state index in [1.54, 1.807) is 0 Å². The number of hydrogen-bond donors (Lipinski definition) is 0. The van der Waals surface area contributed by atoms with Crippen molar-refractivity contribution in [3.8, 4) is 0 Å². The van der Waals surface area contributed by atoms with Gasteiger partial charge in [0.2, 0.25) is 5.91 Å². The van der Waals surface area contributed by atoms with Gasteiger partial charge in [-0.25, -0.2) is 0 Å². The first-order valence-electron chi connectivity index (χ1n) is 9.21. The maximum Gasteiger partial charge on any atom is 0.226 e. The van der Waals surface area contributed by atoms with Crippen LogP contribution in [-0.2, 0) is 4.79 Å². The Balaban J connectivity index is 1.82. The average molecular weight is 329 g/mol. The zero-order valence-corrected chi connectivity index (χ0v) is 15.5. The molecule has 1 aromatic rings. The second-order valence-corrected chi connectivity index (χ2v) is 7.20. The predicted octanol–water partition coefficient (Wildman–Crippen LogP) is 3.93. The summed E-state index contributed by atoms with van der Waals surface area (Å²) in [6.07, 6.45) is 1.96. The maximum absolute atomic E-state index is 12.7. The van der Waals surface area contributed by atoms with Crippen LogP contribution in [0.5, 0.6) is 0 Å². The van der Waals surface area contributed by atoms with Crippen molar-refractivity contribution >= 4 is 5.91 Å². The topological polar surface area (TPSA) is 23.6 Å². The van der Waals surface area contributed by atoms with E-state index in [0.29, 0.717) is 18.4 Å². The molecule has 0 N–H and O–H groups in total. The number of benzene rings is 1. The molecule has 3 heteroatoms. The Bertz CT molecular complexity index is 532. The van der Waals surface area contributed by atoms with Gasteiger partial charge in [0.15, 0.2) is 0 Å². The van der Waals surface area contributed by atoms with Crippen LogP contribution < -0.4 is 0 Å². The maximum atomic E-state index is 12.7. The molecule has 0 radical (unpaired) electrons. The van der Waals surface area contributed by atoms with Crippen molar-refractivity contribution in [1.82, 2.24) is 9.80 Å². The number of likely N-dealkylation sites (N-methyl/N-ethyl adjacent to an activating group) is 1. The van der Waals surface area contributed by atoms with Crippen LogP contribution in [-0.4, -0.2) is 48.4 Å². The summed E-state index contributed by atoms with van der Waals surface area (Å²) in [5.74, 6) is 1.04. The average Bonchev–Trinajstić information content (AvgIpc) is 2.60. The normalized spacial score (nSPS) is 17.5. The Morgan fingerprint density at radius 3 is 2.46 bits per heavy atom. The highest BCUT2D eigenvalue weighted by molar-refractivity contribution is 5.79. The third-order valence-corrected chi connectivity index (χ3v) is 4.99. The van der Waals surface area contributed by atoms with E-state index in [4.69, 9.17) is 0 Å². The van der Waals surface area contributed by atoms with Crippen LogP contribution >= 0.6 is 0 Å². The molecule has 1 aliphatic heterocycles. The fourth-order valence-electron chi connectivity index (χ4n) is 3.57. The molecule has 1 saturated heterocycles. The summed E-state index contributed by atoms with van der Waals surface area (Å²) in [5.41, 5.74) is 2.45. The largest absolute Gasteiger partial charge is 0.339 e. The highest BCUT2D eigenvalue weighted by atomic mass is 16.2. The van der Waals surface area contributed by atoms with Gasteiger partial charge in [-0.1, -0.05) is 49.4 Å². The molecule has 0 spiro atoms. The lowest BCUT2D eigenvalue weighted by molar-refractivity contribution is -0.136. The third kappa shape index (κ3) is 5.20. The first-order valence-corrected chi connectivity index (χ1v) is 9.21. The fourth-order valence-corrected chi connectivity index (χ4v) is 3.57. The molecule has 0 bridgehead atoms. The van der Waals surface area contributed by atoms with Crippen molar-refractivity contribution in [3.05, 3.63) is 48.0 Å². The van der Waals surface area contributed by atoms with Crippen LogP contribution in [0, 0.1) is 5.92 Å². The summed E-state index contributed by atoms with van der Waals surface area (Å²) in [4.78, 5) is 17.1. The molecule has 1 aromatic carbocycles. The van der Waals surface area contributed by atoms with Gasteiger partial charge in [0.25, 0.3) is 0 Å². The van der Waals surface area contributed by atoms with E-state index in [9.17, 15) is 4.79 Å². The van der Waals surface area contributed by atoms with Crippen molar-refractivity contribution in [3.63, 3.8) is 0 Å². The van der Waals surface area contributed by atoms with E-state index in [-0.39, 0.29) is 5.92 Å². The zero-order chi connectivity index (χ0) is 17.5. The van der Waals surface area contributed by atoms with Gasteiger partial charge in [-0.3, -0.25) is 4.79 Å². The Labute approximate surface area is 147 Å². The fraction of sp³-hybridized carbons (Fsp3) is 0.571. The highest BCUT2D eigenvalue weighted by Crippen LogP contribution is 2.23. The quantitative estimate of drug-likeness (QED) is 0.708. The number of likely N-dealkylation sites (tertiary alicyclic amines) is 1. The van der Waals surface area contributed by atoms with Crippen LogP contribution in [0.4, 0.5) is 0 Å². The van der Waals surface area contributed by atoms with Crippen molar-refractivity contribution in [2.24, 2.45) is 5.92 Å². The van der Waals surface area contributed by atoms with Crippen LogP contribution in [0.3, 0.4) is 0 Å². The summed E-state index contributed by atoms with van der Waals surface area (Å²) in [6, 6.07) is 10.7. The zero-order valence-electron chi connectivity index (χ0n) is 15.5. The van der Waals surface area contributed by atoms with Gasteiger partial charge >= 0.3 is 0 Å². The molecule has 1 unspecified atom stereocenters. The standard InChI is InChI=1S/C21H32N2O/c1-5-23(15-17(2)3)21(24)20-11-13-22(14-12-20)16-18(4)19-9-7-6-8-10-19/h6-10,18,20H,2,5,11-16H2,1,3-4H3. The first-order chi connectivity index (χ1) is 11.5. The number of nitrogens with zero attached hydrogens (tertiary/aromatic N) is 2. The number of rotatable bonds is 7. The Hall–Kier alpha value is -1.61. The minimum atomic E-state index is 0.188. The van der Waals surface area contributed by atoms with E-state index >= 15 is 0 Å². The molecule has 0 saturated carbocycles. The van der Waals surface area contributed by atoms with Crippen molar-refractivity contribution in [2.45, 2.75) is 39.5 Å². The molecule has 1 heterocycles. The third-order valence-electron chi connectivity index (χ3n) is 4.99. The second-order valence-electron chi connectivity index (χ2n) is 7.20. The van der Waals surface area contributed by atoms with Crippen molar-refractivity contribution in [1.29, 1.82) is 0 Å². The molecule has 0 aliphatic carbocycles. The summed E-state index contributed by atoms with van der Waals surface area (Å²) in [6.45, 7) is 14.9. The molecule has 1 aliphatic rings. The van der Waals surface area contributed by atoms with Gasteiger partial charge in [0, 0.05) is 25.6 Å². The molecule has 2 rings (SSSR count). The minimum absolute atomic E-state index is 0.188. The number of piperidine rings is 1. The minimum Gasteiger partial charge on any atom is -0.339 e. The van der Waals surface area contributed by atoms with E-state index < -0.39 is 0 Å². The van der Waals surface area contributed by atoms with Gasteiger partial charge in [0.05, 0.1) is 0 Å². The highest BCUT2D eigenvalue weighted by Gasteiger charge is 2.28. The molecule has 1 atom stereocenters. The number of hydrogen-bond acceptors (Lipinski definition) is 2. The van der Waals surface area contributed by atoms with Crippen molar-refractivity contribution in [2.75, 3.05) is 32.7 Å². The Morgan fingerprint density at radius 2 is 1.92 bits per heavy atom. The monoisotopic (exact) mass is 328 g/mol. The summed E-state index contributed by atoms with van der Waals surface area (Å²) in [7, 11) is 0. The summed E-state index contributed by atoms with van der Waals surface area (Å²) in [5, 5.41) is 0. The van der Waals surface area contributed by atoms with Crippen LogP contribution in [0.1, 0.15) is 45.1 Å². The molecular weight excluding hydrogens is 296 g/mol. The van der Waals surface area contributed by atoms with Gasteiger partial charge in [-0.2, -0.15) is 0 Å². The van der Waals surface area contributed by atoms with Gasteiger partial charge in [-0.05, 0) is 51.3 Å². The predicted molar refractivity (Wildman–Crippen MR) is 101 cm³/mol. The molecule has 3 nitrogen and oxygen atoms in total. The van der Waals surface area contributed by atoms with Gasteiger partial charge < -0.3 is 9.80 Å². The smallest absolute Gasteiger partial charge is 0.226 e. The van der Waals surface area contributed by atoms with E-state index in [0.717, 1.165) is 44.6 Å². The van der Waals surface area contributed by atoms with E-state index in [1.807, 2.05) is 11.8 Å². The molecule has 1 fully saturated rings. The Kier molecular flexibility index (Phi) is 7.04. The number of amides is 1. The molecule has 24 heavy (non-hydrogen) atoms. The van der Waals surface area contributed by atoms with Gasteiger partial charge in [-0.15, -0.1) is 0 Å². The van der Waals surface area contributed by atoms with Gasteiger partial charge in [0.1, 0.15) is 0 Å². The SMILES string of the molecule is C=C(C)CN(CC)C(=O)C1CCN(CC(C)c2ccccc2)CC1. The van der Waals surface area contributed by atoms with E-state index in [1.165, 1.54) is 5.56 Å². The molecule has 132 valence electrons. The number of carbonyl (C=O) groups is 1. The molecular formula is C21H32N2O. The van der Waals surface area contributed by atoms with E-state index in [2.05, 4.69) is 55.7 Å². The lowest BCUT2D eigenvalue weighted by atomic mass is 9.93. The summed E-state index contributed by atoms with van der Waals surface area (Å²) < 4.78 is 0. The summed E-state index contributed by atoms with van der Waals surface area (Å²) >= 11 is 0. The van der Waals surface area contributed by atoms with Crippen LogP contribution in [0.15, 0.2) is 42.5 Å². The second kappa shape index (κ2) is 9.03. The van der Waals surface area contributed by atoms with Crippen molar-refractivity contribution < 1.29 is 4.79 Å². The Morgan fingerprint density at radius 1 is 1.29 bits per heavy atom.